The van der Waals surface area contributed by atoms with E-state index in [0.717, 1.165) is 23.4 Å². The zero-order valence-electron chi connectivity index (χ0n) is 10.2. The molecule has 90 valence electrons. The van der Waals surface area contributed by atoms with E-state index in [1.54, 1.807) is 11.3 Å². The molecule has 0 aliphatic carbocycles. The van der Waals surface area contributed by atoms with E-state index in [-0.39, 0.29) is 0 Å². The van der Waals surface area contributed by atoms with Crippen LogP contribution in [0.4, 0.5) is 5.69 Å². The number of benzene rings is 1. The van der Waals surface area contributed by atoms with E-state index in [9.17, 15) is 0 Å². The molecule has 0 aliphatic rings. The van der Waals surface area contributed by atoms with Crippen molar-refractivity contribution in [2.24, 2.45) is 0 Å². The molecule has 0 amide bonds. The summed E-state index contributed by atoms with van der Waals surface area (Å²) in [5.74, 6) is 0.872. The lowest BCUT2D eigenvalue weighted by atomic mass is 10.2. The molecule has 2 N–H and O–H groups in total. The van der Waals surface area contributed by atoms with E-state index >= 15 is 0 Å². The van der Waals surface area contributed by atoms with Crippen LogP contribution in [0.5, 0.6) is 5.75 Å². The largest absolute Gasteiger partial charge is 0.488 e. The van der Waals surface area contributed by atoms with Gasteiger partial charge >= 0.3 is 0 Å². The number of nitrogen functional groups attached to an aromatic ring is 1. The first kappa shape index (κ1) is 12.0. The van der Waals surface area contributed by atoms with Crippen molar-refractivity contribution in [3.63, 3.8) is 0 Å². The molecule has 3 heteroatoms. The van der Waals surface area contributed by atoms with Crippen LogP contribution in [-0.2, 0) is 13.0 Å². The quantitative estimate of drug-likeness (QED) is 0.834. The lowest BCUT2D eigenvalue weighted by Crippen LogP contribution is -1.96. The third-order valence-electron chi connectivity index (χ3n) is 2.65. The Hall–Kier alpha value is -1.48. The summed E-state index contributed by atoms with van der Waals surface area (Å²) in [5.41, 5.74) is 7.60. The van der Waals surface area contributed by atoms with Crippen molar-refractivity contribution in [2.45, 2.75) is 26.9 Å². The maximum atomic E-state index is 5.79. The summed E-state index contributed by atoms with van der Waals surface area (Å²) in [5, 5.41) is 0. The number of nitrogens with two attached hydrogens (primary N) is 1. The van der Waals surface area contributed by atoms with Gasteiger partial charge in [0.1, 0.15) is 12.4 Å². The molecule has 1 heterocycles. The predicted octanol–water partition coefficient (Wildman–Crippen LogP) is 3.78. The maximum Gasteiger partial charge on any atom is 0.124 e. The van der Waals surface area contributed by atoms with E-state index in [2.05, 4.69) is 19.1 Å². The molecule has 2 nitrogen and oxygen atoms in total. The molecule has 0 atom stereocenters. The smallest absolute Gasteiger partial charge is 0.124 e. The van der Waals surface area contributed by atoms with Crippen LogP contribution in [0.25, 0.3) is 0 Å². The summed E-state index contributed by atoms with van der Waals surface area (Å²) in [6.45, 7) is 4.81. The summed E-state index contributed by atoms with van der Waals surface area (Å²) in [6, 6.07) is 10.0. The van der Waals surface area contributed by atoms with Gasteiger partial charge in [-0.3, -0.25) is 0 Å². The Kier molecular flexibility index (Phi) is 3.69. The second-order valence-corrected chi connectivity index (χ2v) is 5.29. The Morgan fingerprint density at radius 1 is 1.18 bits per heavy atom. The lowest BCUT2D eigenvalue weighted by Gasteiger charge is -2.08. The van der Waals surface area contributed by atoms with Gasteiger partial charge in [0.25, 0.3) is 0 Å². The number of aryl methyl sites for hydroxylation is 2. The average molecular weight is 247 g/mol. The minimum Gasteiger partial charge on any atom is -0.488 e. The highest BCUT2D eigenvalue weighted by Crippen LogP contribution is 2.24. The normalized spacial score (nSPS) is 10.5. The molecular formula is C14H17NOS. The van der Waals surface area contributed by atoms with Gasteiger partial charge in [0.05, 0.1) is 0 Å². The number of anilines is 1. The molecule has 1 aromatic carbocycles. The van der Waals surface area contributed by atoms with Gasteiger partial charge in [-0.05, 0) is 37.1 Å². The first-order chi connectivity index (χ1) is 8.19. The second kappa shape index (κ2) is 5.23. The highest BCUT2D eigenvalue weighted by molar-refractivity contribution is 7.11. The number of rotatable bonds is 4. The van der Waals surface area contributed by atoms with Gasteiger partial charge in [-0.25, -0.2) is 0 Å². The van der Waals surface area contributed by atoms with E-state index in [0.29, 0.717) is 6.61 Å². The first-order valence-electron chi connectivity index (χ1n) is 5.75. The summed E-state index contributed by atoms with van der Waals surface area (Å²) in [7, 11) is 0. The fourth-order valence-electron chi connectivity index (χ4n) is 1.61. The van der Waals surface area contributed by atoms with Gasteiger partial charge in [-0.2, -0.15) is 0 Å². The minimum atomic E-state index is 0.620. The number of hydrogen-bond acceptors (Lipinski definition) is 3. The van der Waals surface area contributed by atoms with Gasteiger partial charge in [0, 0.05) is 21.5 Å². The monoisotopic (exact) mass is 247 g/mol. The average Bonchev–Trinajstić information content (AvgIpc) is 2.78. The fraction of sp³-hybridized carbons (Fsp3) is 0.286. The Bertz CT molecular complexity index is 505. The lowest BCUT2D eigenvalue weighted by molar-refractivity contribution is 0.308. The number of hydrogen-bond donors (Lipinski definition) is 1. The highest BCUT2D eigenvalue weighted by atomic mass is 32.1. The number of ether oxygens (including phenoxy) is 1. The Morgan fingerprint density at radius 2 is 1.94 bits per heavy atom. The van der Waals surface area contributed by atoms with Crippen molar-refractivity contribution in [1.29, 1.82) is 0 Å². The van der Waals surface area contributed by atoms with E-state index in [1.165, 1.54) is 9.75 Å². The van der Waals surface area contributed by atoms with Crippen molar-refractivity contribution in [2.75, 3.05) is 5.73 Å². The van der Waals surface area contributed by atoms with Crippen LogP contribution in [0.3, 0.4) is 0 Å². The van der Waals surface area contributed by atoms with Crippen molar-refractivity contribution >= 4 is 17.0 Å². The first-order valence-corrected chi connectivity index (χ1v) is 6.57. The van der Waals surface area contributed by atoms with Crippen molar-refractivity contribution in [3.05, 3.63) is 45.6 Å². The third kappa shape index (κ3) is 3.01. The topological polar surface area (TPSA) is 35.2 Å². The third-order valence-corrected chi connectivity index (χ3v) is 3.85. The molecule has 2 aromatic rings. The van der Waals surface area contributed by atoms with E-state index < -0.39 is 0 Å². The summed E-state index contributed by atoms with van der Waals surface area (Å²) < 4.78 is 5.79. The second-order valence-electron chi connectivity index (χ2n) is 4.04. The Balaban J connectivity index is 2.04. The summed E-state index contributed by atoms with van der Waals surface area (Å²) in [4.78, 5) is 2.65. The van der Waals surface area contributed by atoms with Gasteiger partial charge in [-0.15, -0.1) is 11.3 Å². The van der Waals surface area contributed by atoms with E-state index in [4.69, 9.17) is 10.5 Å². The molecule has 2 rings (SSSR count). The van der Waals surface area contributed by atoms with Gasteiger partial charge in [-0.1, -0.05) is 13.0 Å². The van der Waals surface area contributed by atoms with Gasteiger partial charge < -0.3 is 10.5 Å². The SMILES string of the molecule is CCc1ccc(COc2cc(N)ccc2C)s1. The minimum absolute atomic E-state index is 0.620. The highest BCUT2D eigenvalue weighted by Gasteiger charge is 2.03. The molecule has 1 aromatic heterocycles. The van der Waals surface area contributed by atoms with Crippen LogP contribution in [0.2, 0.25) is 0 Å². The molecule has 0 radical (unpaired) electrons. The van der Waals surface area contributed by atoms with Crippen molar-refractivity contribution in [1.82, 2.24) is 0 Å². The maximum absolute atomic E-state index is 5.79. The molecule has 0 fully saturated rings. The van der Waals surface area contributed by atoms with Gasteiger partial charge in [0.15, 0.2) is 0 Å². The van der Waals surface area contributed by atoms with Crippen LogP contribution < -0.4 is 10.5 Å². The van der Waals surface area contributed by atoms with Crippen LogP contribution in [0.15, 0.2) is 30.3 Å². The molecule has 0 bridgehead atoms. The Morgan fingerprint density at radius 3 is 2.65 bits per heavy atom. The molecule has 17 heavy (non-hydrogen) atoms. The zero-order chi connectivity index (χ0) is 12.3. The Labute approximate surface area is 106 Å². The van der Waals surface area contributed by atoms with Crippen LogP contribution in [-0.4, -0.2) is 0 Å². The van der Waals surface area contributed by atoms with Crippen molar-refractivity contribution < 1.29 is 4.74 Å². The molecule has 0 spiro atoms. The summed E-state index contributed by atoms with van der Waals surface area (Å²) >= 11 is 1.81. The molecule has 0 saturated carbocycles. The van der Waals surface area contributed by atoms with Crippen LogP contribution in [0.1, 0.15) is 22.2 Å². The fourth-order valence-corrected chi connectivity index (χ4v) is 2.48. The predicted molar refractivity (Wildman–Crippen MR) is 73.6 cm³/mol. The summed E-state index contributed by atoms with van der Waals surface area (Å²) in [6.07, 6.45) is 1.09. The standard InChI is InChI=1S/C14H17NOS/c1-3-12-6-7-13(17-12)9-16-14-8-11(15)5-4-10(14)2/h4-8H,3,9,15H2,1-2H3. The number of thiophene rings is 1. The van der Waals surface area contributed by atoms with Crippen molar-refractivity contribution in [3.8, 4) is 5.75 Å². The molecule has 0 saturated heterocycles. The molecule has 0 unspecified atom stereocenters. The van der Waals surface area contributed by atoms with Crippen LogP contribution in [0, 0.1) is 6.92 Å². The van der Waals surface area contributed by atoms with Crippen LogP contribution >= 0.6 is 11.3 Å². The zero-order valence-corrected chi connectivity index (χ0v) is 11.0. The van der Waals surface area contributed by atoms with E-state index in [1.807, 2.05) is 25.1 Å². The molecular weight excluding hydrogens is 230 g/mol. The van der Waals surface area contributed by atoms with Gasteiger partial charge in [0.2, 0.25) is 0 Å². The molecule has 0 aliphatic heterocycles.